The number of ketones is 1. The third kappa shape index (κ3) is 4.46. The molecule has 36 heavy (non-hydrogen) atoms. The van der Waals surface area contributed by atoms with Crippen LogP contribution in [0.5, 0.6) is 11.6 Å². The van der Waals surface area contributed by atoms with Gasteiger partial charge in [-0.1, -0.05) is 31.2 Å². The topological polar surface area (TPSA) is 108 Å². The van der Waals surface area contributed by atoms with Crippen LogP contribution in [-0.2, 0) is 17.8 Å². The second-order valence-electron chi connectivity index (χ2n) is 8.29. The van der Waals surface area contributed by atoms with Gasteiger partial charge in [-0.25, -0.2) is 18.9 Å². The molecule has 5 aromatic rings. The minimum absolute atomic E-state index is 0.0655. The quantitative estimate of drug-likeness (QED) is 0.349. The standard InChI is InChI=1S/C27H23N5O4/c1-3-18-8-14-21(15-9-18)36-26-25-30-31(27(35)32(25)23-7-5-4-6-22(23)29-26)16-24(34)28-20-12-10-19(11-13-20)17(2)33/h4-15H,3,16H2,1-2H3,(H,28,34). The van der Waals surface area contributed by atoms with E-state index in [0.29, 0.717) is 28.0 Å². The van der Waals surface area contributed by atoms with Crippen LogP contribution in [-0.4, -0.2) is 30.9 Å². The summed E-state index contributed by atoms with van der Waals surface area (Å²) in [6.07, 6.45) is 0.904. The fraction of sp³-hybridized carbons (Fsp3) is 0.148. The molecule has 0 bridgehead atoms. The summed E-state index contributed by atoms with van der Waals surface area (Å²) in [4.78, 5) is 42.0. The summed E-state index contributed by atoms with van der Waals surface area (Å²) in [5, 5.41) is 7.11. The SMILES string of the molecule is CCc1ccc(Oc2nc3ccccc3n3c(=O)n(CC(=O)Nc4ccc(C(C)=O)cc4)nc23)cc1. The first-order valence-electron chi connectivity index (χ1n) is 11.5. The summed E-state index contributed by atoms with van der Waals surface area (Å²) in [6, 6.07) is 21.3. The highest BCUT2D eigenvalue weighted by molar-refractivity contribution is 5.95. The second kappa shape index (κ2) is 9.46. The molecule has 0 saturated carbocycles. The van der Waals surface area contributed by atoms with Gasteiger partial charge in [0, 0.05) is 11.3 Å². The van der Waals surface area contributed by atoms with E-state index in [1.807, 2.05) is 30.3 Å². The van der Waals surface area contributed by atoms with E-state index in [1.165, 1.54) is 16.9 Å². The number of fused-ring (bicyclic) bond motifs is 3. The molecule has 0 fully saturated rings. The summed E-state index contributed by atoms with van der Waals surface area (Å²) in [5.74, 6) is 0.218. The number of para-hydroxylation sites is 2. The van der Waals surface area contributed by atoms with E-state index in [4.69, 9.17) is 4.74 Å². The van der Waals surface area contributed by atoms with Gasteiger partial charge >= 0.3 is 5.69 Å². The first-order valence-corrected chi connectivity index (χ1v) is 11.5. The van der Waals surface area contributed by atoms with Crippen molar-refractivity contribution in [2.45, 2.75) is 26.8 Å². The third-order valence-electron chi connectivity index (χ3n) is 5.79. The minimum atomic E-state index is -0.489. The van der Waals surface area contributed by atoms with Crippen LogP contribution in [0.4, 0.5) is 5.69 Å². The Hall–Kier alpha value is -4.79. The average molecular weight is 482 g/mol. The Balaban J connectivity index is 1.49. The molecule has 0 aliphatic carbocycles. The number of carbonyl (C=O) groups excluding carboxylic acids is 2. The van der Waals surface area contributed by atoms with Gasteiger partial charge in [0.25, 0.3) is 5.88 Å². The summed E-state index contributed by atoms with van der Waals surface area (Å²) in [6.45, 7) is 3.23. The molecule has 3 aromatic carbocycles. The largest absolute Gasteiger partial charge is 0.436 e. The Morgan fingerprint density at radius 1 is 0.972 bits per heavy atom. The number of hydrogen-bond acceptors (Lipinski definition) is 6. The van der Waals surface area contributed by atoms with Crippen LogP contribution in [0.3, 0.4) is 0 Å². The molecule has 1 N–H and O–H groups in total. The lowest BCUT2D eigenvalue weighted by Crippen LogP contribution is -2.28. The van der Waals surface area contributed by atoms with Crippen molar-refractivity contribution in [1.29, 1.82) is 0 Å². The number of anilines is 1. The number of ether oxygens (including phenoxy) is 1. The molecule has 2 heterocycles. The lowest BCUT2D eigenvalue weighted by Gasteiger charge is -2.08. The maximum atomic E-state index is 13.3. The molecule has 5 rings (SSSR count). The molecule has 180 valence electrons. The fourth-order valence-corrected chi connectivity index (χ4v) is 3.87. The van der Waals surface area contributed by atoms with Crippen molar-refractivity contribution in [2.75, 3.05) is 5.32 Å². The molecule has 0 aliphatic heterocycles. The lowest BCUT2D eigenvalue weighted by molar-refractivity contribution is -0.117. The first-order chi connectivity index (χ1) is 17.4. The number of nitrogens with zero attached hydrogens (tertiary/aromatic N) is 4. The Bertz CT molecular complexity index is 1650. The normalized spacial score (nSPS) is 11.1. The summed E-state index contributed by atoms with van der Waals surface area (Å²) >= 11 is 0. The highest BCUT2D eigenvalue weighted by Crippen LogP contribution is 2.26. The van der Waals surface area contributed by atoms with Crippen molar-refractivity contribution in [3.8, 4) is 11.6 Å². The van der Waals surface area contributed by atoms with E-state index < -0.39 is 11.6 Å². The second-order valence-corrected chi connectivity index (χ2v) is 8.29. The van der Waals surface area contributed by atoms with Crippen LogP contribution in [0.25, 0.3) is 16.7 Å². The first kappa shape index (κ1) is 23.0. The van der Waals surface area contributed by atoms with Crippen molar-refractivity contribution < 1.29 is 14.3 Å². The van der Waals surface area contributed by atoms with Crippen LogP contribution in [0.15, 0.2) is 77.6 Å². The molecule has 0 aliphatic rings. The zero-order valence-corrected chi connectivity index (χ0v) is 19.8. The van der Waals surface area contributed by atoms with Gasteiger partial charge in [0.15, 0.2) is 5.78 Å². The maximum Gasteiger partial charge on any atom is 0.351 e. The molecular formula is C27H23N5O4. The summed E-state index contributed by atoms with van der Waals surface area (Å²) < 4.78 is 8.50. The number of aromatic nitrogens is 4. The fourth-order valence-electron chi connectivity index (χ4n) is 3.87. The Morgan fingerprint density at radius 2 is 1.69 bits per heavy atom. The van der Waals surface area contributed by atoms with Crippen LogP contribution in [0.2, 0.25) is 0 Å². The monoisotopic (exact) mass is 481 g/mol. The molecule has 9 nitrogen and oxygen atoms in total. The highest BCUT2D eigenvalue weighted by Gasteiger charge is 2.19. The van der Waals surface area contributed by atoms with Crippen molar-refractivity contribution in [2.24, 2.45) is 0 Å². The number of nitrogens with one attached hydrogen (secondary N) is 1. The molecular weight excluding hydrogens is 458 g/mol. The molecule has 9 heteroatoms. The van der Waals surface area contributed by atoms with E-state index in [2.05, 4.69) is 22.3 Å². The van der Waals surface area contributed by atoms with Crippen LogP contribution in [0, 0.1) is 0 Å². The number of amides is 1. The van der Waals surface area contributed by atoms with Gasteiger partial charge in [-0.15, -0.1) is 5.10 Å². The summed E-state index contributed by atoms with van der Waals surface area (Å²) in [7, 11) is 0. The number of rotatable bonds is 7. The van der Waals surface area contributed by atoms with Gasteiger partial charge < -0.3 is 10.1 Å². The number of benzene rings is 3. The predicted molar refractivity (Wildman–Crippen MR) is 136 cm³/mol. The van der Waals surface area contributed by atoms with Crippen LogP contribution >= 0.6 is 0 Å². The van der Waals surface area contributed by atoms with E-state index >= 15 is 0 Å². The van der Waals surface area contributed by atoms with Gasteiger partial charge in [0.2, 0.25) is 11.6 Å². The highest BCUT2D eigenvalue weighted by atomic mass is 16.5. The summed E-state index contributed by atoms with van der Waals surface area (Å²) in [5.41, 5.74) is 3.05. The predicted octanol–water partition coefficient (Wildman–Crippen LogP) is 4.24. The molecule has 0 saturated heterocycles. The molecule has 1 amide bonds. The molecule has 0 unspecified atom stereocenters. The van der Waals surface area contributed by atoms with Gasteiger partial charge in [-0.2, -0.15) is 0 Å². The van der Waals surface area contributed by atoms with Crippen molar-refractivity contribution >= 4 is 34.1 Å². The Kier molecular flexibility index (Phi) is 6.03. The smallest absolute Gasteiger partial charge is 0.351 e. The number of Topliss-reactive ketones (excluding diaryl/α,β-unsaturated/α-hetero) is 1. The lowest BCUT2D eigenvalue weighted by atomic mass is 10.1. The zero-order chi connectivity index (χ0) is 25.2. The van der Waals surface area contributed by atoms with Gasteiger partial charge in [0.05, 0.1) is 11.0 Å². The number of carbonyl (C=O) groups is 2. The Labute approximate surface area is 206 Å². The third-order valence-corrected chi connectivity index (χ3v) is 5.79. The number of aryl methyl sites for hydroxylation is 1. The zero-order valence-electron chi connectivity index (χ0n) is 19.8. The van der Waals surface area contributed by atoms with Crippen LogP contribution < -0.4 is 15.7 Å². The van der Waals surface area contributed by atoms with Gasteiger partial charge in [-0.05, 0) is 67.4 Å². The van der Waals surface area contributed by atoms with Crippen molar-refractivity contribution in [1.82, 2.24) is 19.2 Å². The van der Waals surface area contributed by atoms with Crippen LogP contribution in [0.1, 0.15) is 29.8 Å². The maximum absolute atomic E-state index is 13.3. The van der Waals surface area contributed by atoms with E-state index in [0.717, 1.165) is 11.1 Å². The minimum Gasteiger partial charge on any atom is -0.436 e. The van der Waals surface area contributed by atoms with Crippen molar-refractivity contribution in [3.63, 3.8) is 0 Å². The number of hydrogen-bond donors (Lipinski definition) is 1. The van der Waals surface area contributed by atoms with Crippen molar-refractivity contribution in [3.05, 3.63) is 94.4 Å². The van der Waals surface area contributed by atoms with Gasteiger partial charge in [-0.3, -0.25) is 9.59 Å². The molecule has 0 radical (unpaired) electrons. The molecule has 2 aromatic heterocycles. The molecule has 0 atom stereocenters. The van der Waals surface area contributed by atoms with E-state index in [1.54, 1.807) is 42.5 Å². The van der Waals surface area contributed by atoms with E-state index in [9.17, 15) is 14.4 Å². The molecule has 0 spiro atoms. The van der Waals surface area contributed by atoms with Gasteiger partial charge in [0.1, 0.15) is 12.3 Å². The van der Waals surface area contributed by atoms with E-state index in [-0.39, 0.29) is 23.9 Å². The Morgan fingerprint density at radius 3 is 2.39 bits per heavy atom. The average Bonchev–Trinajstić information content (AvgIpc) is 3.21.